The highest BCUT2D eigenvalue weighted by molar-refractivity contribution is 9.11. The van der Waals surface area contributed by atoms with Crippen LogP contribution in [-0.4, -0.2) is 5.91 Å². The number of hydrogen-bond acceptors (Lipinski definition) is 3. The van der Waals surface area contributed by atoms with Crippen molar-refractivity contribution >= 4 is 59.4 Å². The highest BCUT2D eigenvalue weighted by Crippen LogP contribution is 2.37. The third-order valence-corrected chi connectivity index (χ3v) is 3.24. The normalized spacial score (nSPS) is 9.87. The molecule has 0 saturated heterocycles. The second-order valence-electron chi connectivity index (χ2n) is 2.63. The molecule has 0 aromatic heterocycles. The summed E-state index contributed by atoms with van der Waals surface area (Å²) in [5.41, 5.74) is 0.390. The Kier molecular flexibility index (Phi) is 4.42. The van der Waals surface area contributed by atoms with E-state index in [9.17, 15) is 9.70 Å². The maximum atomic E-state index is 11.1. The maximum absolute atomic E-state index is 11.1. The van der Waals surface area contributed by atoms with Crippen molar-refractivity contribution in [2.24, 2.45) is 5.29 Å². The van der Waals surface area contributed by atoms with Gasteiger partial charge in [0.05, 0.1) is 5.29 Å². The van der Waals surface area contributed by atoms with Gasteiger partial charge in [0.2, 0.25) is 5.91 Å². The molecule has 0 aliphatic heterocycles. The molecular formula is C8H5Br3N2O2. The van der Waals surface area contributed by atoms with E-state index >= 15 is 0 Å². The molecule has 0 saturated carbocycles. The largest absolute Gasteiger partial charge is 0.273 e. The molecule has 0 fully saturated rings. The lowest BCUT2D eigenvalue weighted by molar-refractivity contribution is -0.116. The second-order valence-corrected chi connectivity index (χ2v) is 5.25. The van der Waals surface area contributed by atoms with Gasteiger partial charge in [-0.15, -0.1) is 4.91 Å². The summed E-state index contributed by atoms with van der Waals surface area (Å²) in [6, 6.07) is 3.45. The van der Waals surface area contributed by atoms with Gasteiger partial charge in [0.1, 0.15) is 5.69 Å². The molecule has 15 heavy (non-hydrogen) atoms. The standard InChI is InChI=1S/C8H5Br3N2O2/c1-4(14)13(12-15)8-6(10)2-5(9)3-7(8)11/h2-3H,1H3. The Balaban J connectivity index is 3.35. The minimum atomic E-state index is -0.450. The third-order valence-electron chi connectivity index (χ3n) is 1.57. The molecule has 0 unspecified atom stereocenters. The van der Waals surface area contributed by atoms with Crippen LogP contribution in [0.1, 0.15) is 6.92 Å². The molecule has 0 aliphatic rings. The number of rotatable bonds is 2. The average Bonchev–Trinajstić information content (AvgIpc) is 2.09. The Bertz CT molecular complexity index is 399. The van der Waals surface area contributed by atoms with Crippen LogP contribution in [-0.2, 0) is 4.79 Å². The van der Waals surface area contributed by atoms with E-state index in [1.165, 1.54) is 6.92 Å². The zero-order chi connectivity index (χ0) is 11.6. The number of benzene rings is 1. The SMILES string of the molecule is CC(=O)N(N=O)c1c(Br)cc(Br)cc1Br. The predicted octanol–water partition coefficient (Wildman–Crippen LogP) is 4.01. The lowest BCUT2D eigenvalue weighted by atomic mass is 10.3. The third kappa shape index (κ3) is 2.85. The van der Waals surface area contributed by atoms with Gasteiger partial charge in [-0.1, -0.05) is 15.9 Å². The Morgan fingerprint density at radius 1 is 1.27 bits per heavy atom. The van der Waals surface area contributed by atoms with Crippen molar-refractivity contribution in [3.05, 3.63) is 30.5 Å². The van der Waals surface area contributed by atoms with E-state index in [4.69, 9.17) is 0 Å². The molecule has 1 aromatic carbocycles. The quantitative estimate of drug-likeness (QED) is 0.556. The van der Waals surface area contributed by atoms with Crippen LogP contribution in [0, 0.1) is 4.91 Å². The van der Waals surface area contributed by atoms with E-state index in [0.29, 0.717) is 14.6 Å². The molecule has 4 nitrogen and oxygen atoms in total. The monoisotopic (exact) mass is 398 g/mol. The van der Waals surface area contributed by atoms with Gasteiger partial charge in [0.15, 0.2) is 0 Å². The molecule has 0 atom stereocenters. The van der Waals surface area contributed by atoms with E-state index in [1.54, 1.807) is 12.1 Å². The summed E-state index contributed by atoms with van der Waals surface area (Å²) in [5.74, 6) is -0.450. The molecule has 0 N–H and O–H groups in total. The number of carbonyl (C=O) groups excluding carboxylic acids is 1. The van der Waals surface area contributed by atoms with E-state index in [0.717, 1.165) is 9.48 Å². The molecular weight excluding hydrogens is 396 g/mol. The van der Waals surface area contributed by atoms with Crippen LogP contribution in [0.4, 0.5) is 5.69 Å². The van der Waals surface area contributed by atoms with Crippen molar-refractivity contribution in [3.63, 3.8) is 0 Å². The van der Waals surface area contributed by atoms with Crippen LogP contribution < -0.4 is 5.01 Å². The van der Waals surface area contributed by atoms with Crippen LogP contribution in [0.25, 0.3) is 0 Å². The van der Waals surface area contributed by atoms with Crippen molar-refractivity contribution in [2.75, 3.05) is 5.01 Å². The first-order valence-electron chi connectivity index (χ1n) is 3.76. The van der Waals surface area contributed by atoms with E-state index < -0.39 is 5.91 Å². The number of anilines is 1. The molecule has 80 valence electrons. The molecule has 1 aromatic rings. The first-order chi connectivity index (χ1) is 6.97. The summed E-state index contributed by atoms with van der Waals surface area (Å²) >= 11 is 9.79. The van der Waals surface area contributed by atoms with Crippen LogP contribution >= 0.6 is 47.8 Å². The van der Waals surface area contributed by atoms with Crippen LogP contribution in [0.5, 0.6) is 0 Å². The fourth-order valence-corrected chi connectivity index (χ4v) is 3.59. The van der Waals surface area contributed by atoms with Gasteiger partial charge in [-0.25, -0.2) is 0 Å². The fourth-order valence-electron chi connectivity index (χ4n) is 0.993. The molecule has 1 amide bonds. The van der Waals surface area contributed by atoms with Crippen molar-refractivity contribution in [1.82, 2.24) is 0 Å². The summed E-state index contributed by atoms with van der Waals surface area (Å²) in [7, 11) is 0. The first kappa shape index (κ1) is 12.8. The molecule has 0 radical (unpaired) electrons. The number of carbonyl (C=O) groups is 1. The second kappa shape index (κ2) is 5.18. The Morgan fingerprint density at radius 2 is 1.73 bits per heavy atom. The van der Waals surface area contributed by atoms with Gasteiger partial charge >= 0.3 is 0 Å². The van der Waals surface area contributed by atoms with Crippen molar-refractivity contribution in [2.45, 2.75) is 6.92 Å². The molecule has 0 aliphatic carbocycles. The number of hydrogen-bond donors (Lipinski definition) is 0. The topological polar surface area (TPSA) is 49.7 Å². The Morgan fingerprint density at radius 3 is 2.07 bits per heavy atom. The maximum Gasteiger partial charge on any atom is 0.246 e. The Hall–Kier alpha value is -0.270. The van der Waals surface area contributed by atoms with Crippen molar-refractivity contribution in [1.29, 1.82) is 0 Å². The van der Waals surface area contributed by atoms with Gasteiger partial charge in [0, 0.05) is 20.3 Å². The number of nitrogens with zero attached hydrogens (tertiary/aromatic N) is 2. The van der Waals surface area contributed by atoms with Gasteiger partial charge in [-0.05, 0) is 44.0 Å². The zero-order valence-electron chi connectivity index (χ0n) is 7.50. The lowest BCUT2D eigenvalue weighted by Gasteiger charge is -2.14. The smallest absolute Gasteiger partial charge is 0.246 e. The van der Waals surface area contributed by atoms with Gasteiger partial charge in [-0.3, -0.25) is 4.79 Å². The molecule has 0 spiro atoms. The van der Waals surface area contributed by atoms with Crippen LogP contribution in [0.15, 0.2) is 30.8 Å². The summed E-state index contributed by atoms with van der Waals surface area (Å²) in [5, 5.41) is 3.45. The van der Waals surface area contributed by atoms with Gasteiger partial charge in [0.25, 0.3) is 0 Å². The van der Waals surface area contributed by atoms with Crippen LogP contribution in [0.3, 0.4) is 0 Å². The minimum Gasteiger partial charge on any atom is -0.273 e. The Labute approximate surface area is 111 Å². The summed E-state index contributed by atoms with van der Waals surface area (Å²) in [6.07, 6.45) is 0. The van der Waals surface area contributed by atoms with E-state index in [-0.39, 0.29) is 0 Å². The fraction of sp³-hybridized carbons (Fsp3) is 0.125. The number of halogens is 3. The lowest BCUT2D eigenvalue weighted by Crippen LogP contribution is -2.22. The molecule has 0 heterocycles. The number of nitroso groups, excluding NO2 is 1. The van der Waals surface area contributed by atoms with Gasteiger partial charge < -0.3 is 0 Å². The summed E-state index contributed by atoms with van der Waals surface area (Å²) in [6.45, 7) is 1.27. The highest BCUT2D eigenvalue weighted by atomic mass is 79.9. The van der Waals surface area contributed by atoms with E-state index in [1.807, 2.05) is 0 Å². The molecule has 0 bridgehead atoms. The predicted molar refractivity (Wildman–Crippen MR) is 68.5 cm³/mol. The van der Waals surface area contributed by atoms with Crippen LogP contribution in [0.2, 0.25) is 0 Å². The van der Waals surface area contributed by atoms with Gasteiger partial charge in [-0.2, -0.15) is 5.01 Å². The summed E-state index contributed by atoms with van der Waals surface area (Å²) < 4.78 is 2.01. The number of amides is 1. The molecule has 1 rings (SSSR count). The minimum absolute atomic E-state index is 0.390. The van der Waals surface area contributed by atoms with Crippen molar-refractivity contribution in [3.8, 4) is 0 Å². The van der Waals surface area contributed by atoms with Crippen molar-refractivity contribution < 1.29 is 4.79 Å². The van der Waals surface area contributed by atoms with E-state index in [2.05, 4.69) is 53.1 Å². The first-order valence-corrected chi connectivity index (χ1v) is 6.13. The highest BCUT2D eigenvalue weighted by Gasteiger charge is 2.19. The average molecular weight is 401 g/mol. The molecule has 7 heteroatoms. The summed E-state index contributed by atoms with van der Waals surface area (Å²) in [4.78, 5) is 21.7. The zero-order valence-corrected chi connectivity index (χ0v) is 12.3.